The van der Waals surface area contributed by atoms with Crippen molar-refractivity contribution < 1.29 is 23.9 Å². The van der Waals surface area contributed by atoms with E-state index in [-0.39, 0.29) is 30.1 Å². The number of H-pyrrole nitrogens is 1. The predicted octanol–water partition coefficient (Wildman–Crippen LogP) is 3.75. The number of hydrogen-bond donors (Lipinski definition) is 1. The van der Waals surface area contributed by atoms with Crippen molar-refractivity contribution in [1.29, 1.82) is 0 Å². The van der Waals surface area contributed by atoms with Crippen molar-refractivity contribution in [3.63, 3.8) is 0 Å². The molecule has 1 heterocycles. The van der Waals surface area contributed by atoms with Crippen molar-refractivity contribution in [2.45, 2.75) is 59.3 Å². The van der Waals surface area contributed by atoms with Crippen LogP contribution in [0, 0.1) is 37.0 Å². The average Bonchev–Trinajstić information content (AvgIpc) is 2.93. The highest BCUT2D eigenvalue weighted by Gasteiger charge is 2.54. The molecule has 6 nitrogen and oxygen atoms in total. The van der Waals surface area contributed by atoms with Crippen molar-refractivity contribution in [2.24, 2.45) is 23.2 Å². The number of nitrogens with one attached hydrogen (secondary N) is 1. The van der Waals surface area contributed by atoms with E-state index in [1.54, 1.807) is 20.8 Å². The fourth-order valence-electron chi connectivity index (χ4n) is 6.27. The van der Waals surface area contributed by atoms with Gasteiger partial charge in [-0.3, -0.25) is 4.79 Å². The third kappa shape index (κ3) is 3.16. The maximum absolute atomic E-state index is 13.0. The molecule has 4 aliphatic carbocycles. The van der Waals surface area contributed by atoms with E-state index in [0.717, 1.165) is 19.3 Å². The predicted molar refractivity (Wildman–Crippen MR) is 102 cm³/mol. The summed E-state index contributed by atoms with van der Waals surface area (Å²) in [6, 6.07) is 0. The second kappa shape index (κ2) is 7.05. The van der Waals surface area contributed by atoms with Gasteiger partial charge in [-0.15, -0.1) is 0 Å². The number of Topliss-reactive ketones (excluding diaryl/α,β-unsaturated/α-hetero) is 1. The second-order valence-electron chi connectivity index (χ2n) is 9.04. The van der Waals surface area contributed by atoms with E-state index in [2.05, 4.69) is 4.98 Å². The van der Waals surface area contributed by atoms with Crippen LogP contribution in [-0.4, -0.2) is 35.9 Å². The molecule has 1 aromatic rings. The minimum atomic E-state index is -0.589. The molecule has 1 aromatic heterocycles. The molecule has 1 N–H and O–H groups in total. The zero-order valence-corrected chi connectivity index (χ0v) is 16.9. The van der Waals surface area contributed by atoms with Crippen LogP contribution in [0.2, 0.25) is 0 Å². The first-order chi connectivity index (χ1) is 13.3. The zero-order valence-electron chi connectivity index (χ0n) is 16.9. The van der Waals surface area contributed by atoms with Crippen molar-refractivity contribution in [2.75, 3.05) is 13.2 Å². The molecule has 0 unspecified atom stereocenters. The van der Waals surface area contributed by atoms with E-state index in [1.165, 1.54) is 19.3 Å². The Bertz CT molecular complexity index is 786. The van der Waals surface area contributed by atoms with E-state index in [1.807, 2.05) is 0 Å². The molecule has 152 valence electrons. The minimum absolute atomic E-state index is 0.0755. The summed E-state index contributed by atoms with van der Waals surface area (Å²) in [5, 5.41) is 0. The molecule has 4 bridgehead atoms. The Kier molecular flexibility index (Phi) is 4.84. The van der Waals surface area contributed by atoms with E-state index >= 15 is 0 Å². The van der Waals surface area contributed by atoms with Crippen LogP contribution >= 0.6 is 0 Å². The van der Waals surface area contributed by atoms with Gasteiger partial charge in [-0.2, -0.15) is 0 Å². The number of aryl methyl sites for hydroxylation is 1. The summed E-state index contributed by atoms with van der Waals surface area (Å²) in [4.78, 5) is 40.6. The van der Waals surface area contributed by atoms with Crippen LogP contribution in [0.3, 0.4) is 0 Å². The summed E-state index contributed by atoms with van der Waals surface area (Å²) >= 11 is 0. The molecular formula is C22H29NO5. The summed E-state index contributed by atoms with van der Waals surface area (Å²) in [5.74, 6) is 1.04. The van der Waals surface area contributed by atoms with Crippen LogP contribution in [0.25, 0.3) is 0 Å². The van der Waals surface area contributed by atoms with Gasteiger partial charge in [0.2, 0.25) is 0 Å². The van der Waals surface area contributed by atoms with E-state index in [4.69, 9.17) is 9.47 Å². The molecule has 0 radical (unpaired) electrons. The molecule has 4 fully saturated rings. The van der Waals surface area contributed by atoms with Crippen molar-refractivity contribution in [1.82, 2.24) is 4.98 Å². The van der Waals surface area contributed by atoms with Crippen LogP contribution in [-0.2, 0) is 14.3 Å². The first-order valence-electron chi connectivity index (χ1n) is 10.4. The van der Waals surface area contributed by atoms with Gasteiger partial charge in [0.25, 0.3) is 0 Å². The Hall–Kier alpha value is -2.11. The molecule has 5 rings (SSSR count). The van der Waals surface area contributed by atoms with Gasteiger partial charge in [-0.05, 0) is 82.6 Å². The molecule has 0 aliphatic heterocycles. The van der Waals surface area contributed by atoms with Gasteiger partial charge >= 0.3 is 11.9 Å². The Balaban J connectivity index is 1.43. The topological polar surface area (TPSA) is 85.5 Å². The van der Waals surface area contributed by atoms with Crippen LogP contribution < -0.4 is 0 Å². The van der Waals surface area contributed by atoms with Crippen molar-refractivity contribution in [3.05, 3.63) is 22.5 Å². The number of rotatable bonds is 6. The summed E-state index contributed by atoms with van der Waals surface area (Å²) in [5.41, 5.74) is 1.38. The monoisotopic (exact) mass is 387 g/mol. The highest BCUT2D eigenvalue weighted by Crippen LogP contribution is 2.60. The number of esters is 2. The number of ketones is 1. The first kappa shape index (κ1) is 19.2. The number of ether oxygens (including phenoxy) is 2. The van der Waals surface area contributed by atoms with Gasteiger partial charge in [-0.1, -0.05) is 0 Å². The van der Waals surface area contributed by atoms with E-state index in [9.17, 15) is 14.4 Å². The third-order valence-corrected chi connectivity index (χ3v) is 7.09. The van der Waals surface area contributed by atoms with E-state index in [0.29, 0.717) is 34.6 Å². The Morgan fingerprint density at radius 1 is 0.964 bits per heavy atom. The normalized spacial score (nSPS) is 30.3. The lowest BCUT2D eigenvalue weighted by molar-refractivity contribution is -0.147. The number of aromatic amines is 1. The first-order valence-corrected chi connectivity index (χ1v) is 10.4. The standard InChI is InChI=1S/C22H29NO5/c1-4-27-20(25)18-12(2)19(23-13(18)3)21(26)28-11-17(24)22-8-14-5-15(9-22)7-16(6-14)10-22/h14-16,23H,4-11H2,1-3H3. The lowest BCUT2D eigenvalue weighted by atomic mass is 9.48. The molecule has 0 spiro atoms. The second-order valence-corrected chi connectivity index (χ2v) is 9.04. The Labute approximate surface area is 165 Å². The fraction of sp³-hybridized carbons (Fsp3) is 0.682. The lowest BCUT2D eigenvalue weighted by Gasteiger charge is -2.55. The highest BCUT2D eigenvalue weighted by atomic mass is 16.5. The largest absolute Gasteiger partial charge is 0.462 e. The average molecular weight is 387 g/mol. The van der Waals surface area contributed by atoms with Crippen LogP contribution in [0.4, 0.5) is 0 Å². The van der Waals surface area contributed by atoms with Gasteiger partial charge in [-0.25, -0.2) is 9.59 Å². The molecule has 0 atom stereocenters. The quantitative estimate of drug-likeness (QED) is 0.752. The minimum Gasteiger partial charge on any atom is -0.462 e. The lowest BCUT2D eigenvalue weighted by Crippen LogP contribution is -2.51. The van der Waals surface area contributed by atoms with Crippen molar-refractivity contribution in [3.8, 4) is 0 Å². The summed E-state index contributed by atoms with van der Waals surface area (Å²) < 4.78 is 10.4. The van der Waals surface area contributed by atoms with Crippen LogP contribution in [0.5, 0.6) is 0 Å². The number of hydrogen-bond acceptors (Lipinski definition) is 5. The van der Waals surface area contributed by atoms with Gasteiger partial charge < -0.3 is 14.5 Å². The van der Waals surface area contributed by atoms with Gasteiger partial charge in [0.05, 0.1) is 12.2 Å². The zero-order chi connectivity index (χ0) is 20.1. The number of carbonyl (C=O) groups is 3. The molecule has 4 aliphatic rings. The summed E-state index contributed by atoms with van der Waals surface area (Å²) in [6.07, 6.45) is 6.69. The van der Waals surface area contributed by atoms with Crippen molar-refractivity contribution >= 4 is 17.7 Å². The maximum atomic E-state index is 13.0. The number of carbonyl (C=O) groups excluding carboxylic acids is 3. The van der Waals surface area contributed by atoms with Crippen LogP contribution in [0.15, 0.2) is 0 Å². The molecular weight excluding hydrogens is 358 g/mol. The number of aromatic nitrogens is 1. The van der Waals surface area contributed by atoms with Crippen LogP contribution in [0.1, 0.15) is 77.6 Å². The molecule has 0 amide bonds. The smallest absolute Gasteiger partial charge is 0.355 e. The fourth-order valence-corrected chi connectivity index (χ4v) is 6.27. The third-order valence-electron chi connectivity index (χ3n) is 7.09. The molecule has 28 heavy (non-hydrogen) atoms. The molecule has 0 aromatic carbocycles. The summed E-state index contributed by atoms with van der Waals surface area (Å²) in [6.45, 7) is 5.23. The van der Waals surface area contributed by atoms with Gasteiger partial charge in [0, 0.05) is 11.1 Å². The molecule has 0 saturated heterocycles. The summed E-state index contributed by atoms with van der Waals surface area (Å²) in [7, 11) is 0. The highest BCUT2D eigenvalue weighted by molar-refractivity contribution is 5.99. The van der Waals surface area contributed by atoms with E-state index < -0.39 is 11.9 Å². The van der Waals surface area contributed by atoms with Gasteiger partial charge in [0.15, 0.2) is 12.4 Å². The Morgan fingerprint density at radius 2 is 1.54 bits per heavy atom. The SMILES string of the molecule is CCOC(=O)c1c(C)[nH]c(C(=O)OCC(=O)C23CC4CC(CC(C4)C2)C3)c1C. The maximum Gasteiger partial charge on any atom is 0.355 e. The molecule has 6 heteroatoms. The Morgan fingerprint density at radius 3 is 2.07 bits per heavy atom. The molecule has 4 saturated carbocycles. The van der Waals surface area contributed by atoms with Gasteiger partial charge in [0.1, 0.15) is 5.69 Å².